The molecule has 0 saturated carbocycles. The van der Waals surface area contributed by atoms with Crippen LogP contribution in [0.1, 0.15) is 22.3 Å². The molecule has 0 aromatic heterocycles. The van der Waals surface area contributed by atoms with Gasteiger partial charge in [0.05, 0.1) is 18.5 Å². The van der Waals surface area contributed by atoms with E-state index in [4.69, 9.17) is 0 Å². The molecule has 0 unspecified atom stereocenters. The van der Waals surface area contributed by atoms with Crippen molar-refractivity contribution in [1.29, 1.82) is 0 Å². The lowest BCUT2D eigenvalue weighted by atomic mass is 10.1. The second-order valence-corrected chi connectivity index (χ2v) is 7.51. The minimum Gasteiger partial charge on any atom is -0.266 e. The van der Waals surface area contributed by atoms with Crippen LogP contribution in [0.5, 0.6) is 0 Å². The molecule has 0 aliphatic rings. The van der Waals surface area contributed by atoms with Crippen LogP contribution in [0.2, 0.25) is 0 Å². The third-order valence-corrected chi connectivity index (χ3v) is 4.44. The smallest absolute Gasteiger partial charge is 0.232 e. The van der Waals surface area contributed by atoms with Gasteiger partial charge in [-0.1, -0.05) is 35.9 Å². The molecule has 0 aliphatic carbocycles. The van der Waals surface area contributed by atoms with Crippen molar-refractivity contribution in [2.24, 2.45) is 0 Å². The number of hydrogen-bond acceptors (Lipinski definition) is 2. The number of anilines is 1. The van der Waals surface area contributed by atoms with E-state index in [-0.39, 0.29) is 0 Å². The van der Waals surface area contributed by atoms with Gasteiger partial charge in [0.25, 0.3) is 0 Å². The van der Waals surface area contributed by atoms with E-state index < -0.39 is 10.0 Å². The van der Waals surface area contributed by atoms with Crippen molar-refractivity contribution in [2.45, 2.75) is 27.3 Å². The number of rotatable bonds is 4. The minimum absolute atomic E-state index is 0.351. The highest BCUT2D eigenvalue weighted by molar-refractivity contribution is 7.92. The molecule has 2 aromatic carbocycles. The van der Waals surface area contributed by atoms with Crippen LogP contribution in [-0.2, 0) is 16.6 Å². The molecule has 3 nitrogen and oxygen atoms in total. The summed E-state index contributed by atoms with van der Waals surface area (Å²) < 4.78 is 25.8. The van der Waals surface area contributed by atoms with Crippen LogP contribution < -0.4 is 4.31 Å². The summed E-state index contributed by atoms with van der Waals surface area (Å²) in [6.45, 7) is 6.31. The standard InChI is InChI=1S/C17H21NO2S/c1-13-6-5-7-16(9-13)12-18(21(4,19)20)17-10-14(2)8-15(3)11-17/h5-11H,12H2,1-4H3. The minimum atomic E-state index is -3.33. The lowest BCUT2D eigenvalue weighted by Crippen LogP contribution is -2.29. The second-order valence-electron chi connectivity index (χ2n) is 5.60. The largest absolute Gasteiger partial charge is 0.266 e. The summed E-state index contributed by atoms with van der Waals surface area (Å²) in [5, 5.41) is 0. The molecular formula is C17H21NO2S. The van der Waals surface area contributed by atoms with Gasteiger partial charge in [0.1, 0.15) is 0 Å². The van der Waals surface area contributed by atoms with Crippen molar-refractivity contribution in [1.82, 2.24) is 0 Å². The molecule has 21 heavy (non-hydrogen) atoms. The Hall–Kier alpha value is -1.81. The fraction of sp³-hybridized carbons (Fsp3) is 0.294. The zero-order chi connectivity index (χ0) is 15.6. The van der Waals surface area contributed by atoms with Gasteiger partial charge in [-0.25, -0.2) is 8.42 Å². The molecule has 0 aliphatic heterocycles. The molecular weight excluding hydrogens is 282 g/mol. The van der Waals surface area contributed by atoms with E-state index in [0.717, 1.165) is 27.9 Å². The second kappa shape index (κ2) is 5.90. The maximum atomic E-state index is 12.2. The van der Waals surface area contributed by atoms with E-state index in [1.54, 1.807) is 0 Å². The molecule has 2 aromatic rings. The number of aryl methyl sites for hydroxylation is 3. The van der Waals surface area contributed by atoms with Crippen molar-refractivity contribution in [3.8, 4) is 0 Å². The summed E-state index contributed by atoms with van der Waals surface area (Å²) in [6, 6.07) is 13.8. The Balaban J connectivity index is 2.44. The summed E-state index contributed by atoms with van der Waals surface area (Å²) in [7, 11) is -3.33. The number of sulfonamides is 1. The molecule has 4 heteroatoms. The Kier molecular flexibility index (Phi) is 4.37. The van der Waals surface area contributed by atoms with Gasteiger partial charge < -0.3 is 0 Å². The summed E-state index contributed by atoms with van der Waals surface area (Å²) in [6.07, 6.45) is 1.25. The molecule has 0 fully saturated rings. The predicted octanol–water partition coefficient (Wildman–Crippen LogP) is 3.58. The first-order chi connectivity index (χ1) is 9.75. The van der Waals surface area contributed by atoms with E-state index in [2.05, 4.69) is 0 Å². The molecule has 112 valence electrons. The third-order valence-electron chi connectivity index (χ3n) is 3.30. The molecule has 0 N–H and O–H groups in total. The third kappa shape index (κ3) is 4.08. The molecule has 0 amide bonds. The Morgan fingerprint density at radius 3 is 2.05 bits per heavy atom. The Morgan fingerprint density at radius 1 is 0.905 bits per heavy atom. The van der Waals surface area contributed by atoms with Crippen LogP contribution in [0, 0.1) is 20.8 Å². The SMILES string of the molecule is Cc1cccc(CN(c2cc(C)cc(C)c2)S(C)(=O)=O)c1. The highest BCUT2D eigenvalue weighted by atomic mass is 32.2. The maximum absolute atomic E-state index is 12.2. The van der Waals surface area contributed by atoms with Gasteiger partial charge >= 0.3 is 0 Å². The summed E-state index contributed by atoms with van der Waals surface area (Å²) in [4.78, 5) is 0. The van der Waals surface area contributed by atoms with Gasteiger partial charge in [-0.05, 0) is 49.6 Å². The highest BCUT2D eigenvalue weighted by Crippen LogP contribution is 2.23. The number of benzene rings is 2. The van der Waals surface area contributed by atoms with Crippen LogP contribution in [0.3, 0.4) is 0 Å². The van der Waals surface area contributed by atoms with E-state index in [1.165, 1.54) is 10.6 Å². The van der Waals surface area contributed by atoms with E-state index >= 15 is 0 Å². The van der Waals surface area contributed by atoms with Crippen LogP contribution in [-0.4, -0.2) is 14.7 Å². The van der Waals surface area contributed by atoms with Crippen molar-refractivity contribution < 1.29 is 8.42 Å². The van der Waals surface area contributed by atoms with Crippen LogP contribution in [0.4, 0.5) is 5.69 Å². The predicted molar refractivity (Wildman–Crippen MR) is 88.1 cm³/mol. The first-order valence-electron chi connectivity index (χ1n) is 6.87. The molecule has 0 saturated heterocycles. The van der Waals surface area contributed by atoms with E-state index in [9.17, 15) is 8.42 Å². The summed E-state index contributed by atoms with van der Waals surface area (Å²) in [5.41, 5.74) is 4.95. The normalized spacial score (nSPS) is 11.4. The zero-order valence-electron chi connectivity index (χ0n) is 12.9. The fourth-order valence-electron chi connectivity index (χ4n) is 2.47. The fourth-order valence-corrected chi connectivity index (χ4v) is 3.34. The molecule has 0 heterocycles. The first-order valence-corrected chi connectivity index (χ1v) is 8.72. The zero-order valence-corrected chi connectivity index (χ0v) is 13.7. The Labute approximate surface area is 127 Å². The Bertz CT molecular complexity index is 731. The molecule has 0 atom stereocenters. The average molecular weight is 303 g/mol. The summed E-state index contributed by atoms with van der Waals surface area (Å²) >= 11 is 0. The van der Waals surface area contributed by atoms with Gasteiger partial charge in [-0.15, -0.1) is 0 Å². The number of hydrogen-bond donors (Lipinski definition) is 0. The van der Waals surface area contributed by atoms with Crippen molar-refractivity contribution in [3.05, 3.63) is 64.7 Å². The topological polar surface area (TPSA) is 37.4 Å². The average Bonchev–Trinajstić information content (AvgIpc) is 2.33. The Morgan fingerprint density at radius 2 is 1.52 bits per heavy atom. The van der Waals surface area contributed by atoms with Gasteiger partial charge in [0.2, 0.25) is 10.0 Å². The van der Waals surface area contributed by atoms with Crippen LogP contribution in [0.15, 0.2) is 42.5 Å². The molecule has 0 spiro atoms. The lowest BCUT2D eigenvalue weighted by Gasteiger charge is -2.23. The van der Waals surface area contributed by atoms with Crippen LogP contribution >= 0.6 is 0 Å². The summed E-state index contributed by atoms with van der Waals surface area (Å²) in [5.74, 6) is 0. The van der Waals surface area contributed by atoms with Crippen molar-refractivity contribution in [3.63, 3.8) is 0 Å². The van der Waals surface area contributed by atoms with E-state index in [1.807, 2.05) is 63.2 Å². The maximum Gasteiger partial charge on any atom is 0.232 e. The monoisotopic (exact) mass is 303 g/mol. The van der Waals surface area contributed by atoms with Gasteiger partial charge in [-0.2, -0.15) is 0 Å². The lowest BCUT2D eigenvalue weighted by molar-refractivity contribution is 0.596. The molecule has 0 radical (unpaired) electrons. The van der Waals surface area contributed by atoms with Gasteiger partial charge in [-0.3, -0.25) is 4.31 Å². The van der Waals surface area contributed by atoms with Crippen molar-refractivity contribution in [2.75, 3.05) is 10.6 Å². The quantitative estimate of drug-likeness (QED) is 0.866. The van der Waals surface area contributed by atoms with Crippen LogP contribution in [0.25, 0.3) is 0 Å². The van der Waals surface area contributed by atoms with Crippen molar-refractivity contribution >= 4 is 15.7 Å². The first kappa shape index (κ1) is 15.6. The number of nitrogens with zero attached hydrogens (tertiary/aromatic N) is 1. The molecule has 2 rings (SSSR count). The van der Waals surface area contributed by atoms with E-state index in [0.29, 0.717) is 6.54 Å². The molecule has 0 bridgehead atoms. The van der Waals surface area contributed by atoms with Gasteiger partial charge in [0.15, 0.2) is 0 Å². The highest BCUT2D eigenvalue weighted by Gasteiger charge is 2.18. The van der Waals surface area contributed by atoms with Gasteiger partial charge in [0, 0.05) is 0 Å².